The average molecular weight is 1740 g/mol. The van der Waals surface area contributed by atoms with Crippen molar-refractivity contribution in [1.82, 2.24) is 21.0 Å². The normalized spacial score (nSPS) is 23.8. The first-order chi connectivity index (χ1) is 53.3. The maximum absolute atomic E-state index is 13.5. The fraction of sp³-hybridized carbons (Fsp3) is 0.448. The minimum Gasteiger partial charge on any atom is -0.504 e. The molecule has 0 saturated heterocycles. The third-order valence-electron chi connectivity index (χ3n) is 22.7. The first kappa shape index (κ1) is 89.1. The van der Waals surface area contributed by atoms with Gasteiger partial charge in [-0.25, -0.2) is 33.7 Å². The van der Waals surface area contributed by atoms with Gasteiger partial charge in [0.15, 0.2) is 62.3 Å². The fourth-order valence-electron chi connectivity index (χ4n) is 16.1. The van der Waals surface area contributed by atoms with Gasteiger partial charge in [-0.3, -0.25) is 16.0 Å². The third kappa shape index (κ3) is 20.0. The van der Waals surface area contributed by atoms with E-state index < -0.39 is 73.3 Å². The largest absolute Gasteiger partial charge is 0.504 e. The van der Waals surface area contributed by atoms with Crippen LogP contribution < -0.4 is 30.2 Å². The number of halogens is 2. The minimum atomic E-state index is -3.65. The van der Waals surface area contributed by atoms with Gasteiger partial charge in [-0.15, -0.1) is 0 Å². The maximum atomic E-state index is 13.5. The lowest BCUT2D eigenvalue weighted by atomic mass is 9.87. The second kappa shape index (κ2) is 38.3. The fourth-order valence-corrected chi connectivity index (χ4v) is 25.7. The van der Waals surface area contributed by atoms with Crippen LogP contribution in [0.3, 0.4) is 0 Å². The van der Waals surface area contributed by atoms with E-state index in [1.165, 1.54) is 43.5 Å². The van der Waals surface area contributed by atoms with Crippen LogP contribution in [0.4, 0.5) is 0 Å². The summed E-state index contributed by atoms with van der Waals surface area (Å²) in [6, 6.07) is 50.0. The number of aromatic hydroxyl groups is 3. The summed E-state index contributed by atoms with van der Waals surface area (Å²) in [5.74, 6) is 0.339. The van der Waals surface area contributed by atoms with Crippen LogP contribution in [0.2, 0.25) is 0 Å². The zero-order chi connectivity index (χ0) is 81.6. The summed E-state index contributed by atoms with van der Waals surface area (Å²) in [7, 11) is -9.86. The number of fused-ring (bicyclic) bond motifs is 4. The number of benzene rings is 8. The number of hydrogen-bond acceptors (Lipinski definition) is 19. The van der Waals surface area contributed by atoms with Crippen molar-refractivity contribution >= 4 is 71.2 Å². The van der Waals surface area contributed by atoms with Crippen molar-refractivity contribution in [3.63, 3.8) is 0 Å². The molecule has 8 aromatic rings. The Morgan fingerprint density at radius 1 is 0.375 bits per heavy atom. The van der Waals surface area contributed by atoms with Crippen molar-refractivity contribution in [2.45, 2.75) is 224 Å². The topological polar surface area (TPSA) is 284 Å². The van der Waals surface area contributed by atoms with E-state index in [0.29, 0.717) is 63.2 Å². The van der Waals surface area contributed by atoms with E-state index in [4.69, 9.17) is 14.2 Å². The molecule has 0 spiro atoms. The SMILES string of the molecule is CCCC[C@@]1(CC)CS(=O)(=O)c2cc(O)c(O)cc2[C@@H](c2ccccc2)N1.CCCC[C@]1(CC)CS(=O)(=O)c2cc(OC)c(Br)cc2[C@@H](c2ccccc2)N1.CCCC[C@]1(CC)CS(=O)(=O)c2cc(OC)c(Br)cc2[C@@H](c2ccccc2)N1O.CCCC[C@]1(CC)CS(=O)(=O)c2cc(OC)c(O)cc2[C@@H](c2ccccc2)N1. The first-order valence-corrected chi connectivity index (χ1v) is 47.2. The number of methoxy groups -OCH3 is 3. The summed E-state index contributed by atoms with van der Waals surface area (Å²) in [6.07, 6.45) is 13.2. The van der Waals surface area contributed by atoms with E-state index in [-0.39, 0.29) is 73.1 Å². The van der Waals surface area contributed by atoms with Gasteiger partial charge >= 0.3 is 0 Å². The molecule has 7 N–H and O–H groups in total. The van der Waals surface area contributed by atoms with Crippen molar-refractivity contribution in [2.24, 2.45) is 0 Å². The number of phenolic OH excluding ortho intramolecular Hbond substituents is 3. The molecule has 4 heterocycles. The number of rotatable bonds is 23. The van der Waals surface area contributed by atoms with Crippen LogP contribution in [0.1, 0.15) is 227 Å². The quantitative estimate of drug-likeness (QED) is 0.0293. The van der Waals surface area contributed by atoms with E-state index >= 15 is 0 Å². The van der Waals surface area contributed by atoms with Crippen molar-refractivity contribution in [3.8, 4) is 34.5 Å². The minimum absolute atomic E-state index is 0.0285. The van der Waals surface area contributed by atoms with Crippen LogP contribution in [0.15, 0.2) is 198 Å². The highest BCUT2D eigenvalue weighted by atomic mass is 79.9. The molecule has 25 heteroatoms. The second-order valence-electron chi connectivity index (χ2n) is 30.0. The summed E-state index contributed by atoms with van der Waals surface area (Å²) in [5, 5.41) is 54.3. The Balaban J connectivity index is 0.000000171. The van der Waals surface area contributed by atoms with Crippen LogP contribution in [-0.2, 0) is 39.3 Å². The first-order valence-electron chi connectivity index (χ1n) is 39.0. The molecule has 0 aromatic heterocycles. The van der Waals surface area contributed by atoms with Crippen molar-refractivity contribution < 1.29 is 68.4 Å². The molecule has 0 bridgehead atoms. The Morgan fingerprint density at radius 2 is 0.670 bits per heavy atom. The van der Waals surface area contributed by atoms with Gasteiger partial charge in [0.2, 0.25) is 0 Å². The number of nitrogens with one attached hydrogen (secondary N) is 3. The van der Waals surface area contributed by atoms with Crippen LogP contribution in [0.25, 0.3) is 0 Å². The molecule has 112 heavy (non-hydrogen) atoms. The van der Waals surface area contributed by atoms with Gasteiger partial charge in [0.1, 0.15) is 11.5 Å². The number of unbranched alkanes of at least 4 members (excludes halogenated alkanes) is 4. The van der Waals surface area contributed by atoms with Crippen LogP contribution in [-0.4, -0.2) is 126 Å². The maximum Gasteiger partial charge on any atom is 0.180 e. The zero-order valence-corrected chi connectivity index (χ0v) is 72.7. The van der Waals surface area contributed by atoms with E-state index in [9.17, 15) is 54.2 Å². The number of phenols is 3. The molecule has 0 amide bonds. The predicted octanol–water partition coefficient (Wildman–Crippen LogP) is 18.7. The highest BCUT2D eigenvalue weighted by molar-refractivity contribution is 9.11. The average Bonchev–Trinajstić information content (AvgIpc) is 1.61. The number of nitrogens with zero attached hydrogens (tertiary/aromatic N) is 1. The molecule has 0 unspecified atom stereocenters. The molecule has 0 saturated carbocycles. The summed E-state index contributed by atoms with van der Waals surface area (Å²) in [5.41, 5.74) is 3.74. The summed E-state index contributed by atoms with van der Waals surface area (Å²) in [6.45, 7) is 16.5. The molecule has 608 valence electrons. The molecular formula is C87H112Br2N4O15S4. The highest BCUT2D eigenvalue weighted by Gasteiger charge is 2.50. The standard InChI is InChI=1S/C22H28BrNO4S.C22H28BrNO3S.C22H29NO4S.C21H27NO4S/c1-4-6-12-22(5-2)15-29(26,27)20-14-19(28-3)18(23)13-17(20)21(24(22)25)16-10-8-7-9-11-16;1-4-6-12-22(5-2)15-28(25,26)20-14-19(27-3)18(23)13-17(20)21(24-22)16-10-8-7-9-11-16;1-4-6-12-22(5-2)15-28(25,26)20-14-19(27-3)18(24)13-17(20)21(23-22)16-10-8-7-9-11-16;1-3-5-11-21(4-2)14-27(25,26)19-13-18(24)17(23)12-16(19)20(22-21)15-9-7-6-8-10-15/h7-11,13-14,21,25H,4-6,12,15H2,1-3H3;7-11,13-14,21,24H,4-6,12,15H2,1-3H3;7-11,13-14,21,23-24H,4-6,12,15H2,1-3H3;6-10,12-13,20,22-24H,3-5,11,14H2,1-2H3/t3*21-,22-;20-,21+/m1111/s1. The Hall–Kier alpha value is -6.88. The lowest BCUT2D eigenvalue weighted by Gasteiger charge is -2.42. The van der Waals surface area contributed by atoms with Crippen LogP contribution in [0.5, 0.6) is 34.5 Å². The summed E-state index contributed by atoms with van der Waals surface area (Å²) in [4.78, 5) is 0.902. The number of sulfone groups is 4. The Bertz CT molecular complexity index is 4820. The highest BCUT2D eigenvalue weighted by Crippen LogP contribution is 2.49. The molecule has 0 aliphatic carbocycles. The Labute approximate surface area is 681 Å². The lowest BCUT2D eigenvalue weighted by Crippen LogP contribution is -2.51. The Kier molecular flexibility index (Phi) is 30.4. The molecule has 4 aliphatic rings. The monoisotopic (exact) mass is 1740 g/mol. The molecule has 12 rings (SSSR count). The van der Waals surface area contributed by atoms with Crippen LogP contribution in [0, 0.1) is 0 Å². The van der Waals surface area contributed by atoms with Gasteiger partial charge in [-0.2, -0.15) is 5.06 Å². The number of ether oxygens (including phenoxy) is 3. The number of hydrogen-bond donors (Lipinski definition) is 7. The molecule has 0 fully saturated rings. The van der Waals surface area contributed by atoms with Crippen molar-refractivity contribution in [2.75, 3.05) is 44.3 Å². The van der Waals surface area contributed by atoms with E-state index in [2.05, 4.69) is 94.6 Å². The lowest BCUT2D eigenvalue weighted by molar-refractivity contribution is -0.193. The van der Waals surface area contributed by atoms with Gasteiger partial charge in [0.05, 0.1) is 103 Å². The summed E-state index contributed by atoms with van der Waals surface area (Å²) >= 11 is 7.02. The van der Waals surface area contributed by atoms with E-state index in [1.54, 1.807) is 25.3 Å². The predicted molar refractivity (Wildman–Crippen MR) is 450 cm³/mol. The smallest absolute Gasteiger partial charge is 0.180 e. The van der Waals surface area contributed by atoms with Gasteiger partial charge in [0.25, 0.3) is 0 Å². The van der Waals surface area contributed by atoms with Gasteiger partial charge < -0.3 is 34.7 Å². The Morgan fingerprint density at radius 3 is 1.02 bits per heavy atom. The molecule has 8 aromatic carbocycles. The summed E-state index contributed by atoms with van der Waals surface area (Å²) < 4.78 is 125. The second-order valence-corrected chi connectivity index (χ2v) is 39.6. The van der Waals surface area contributed by atoms with Gasteiger partial charge in [0, 0.05) is 40.9 Å². The van der Waals surface area contributed by atoms with Gasteiger partial charge in [-0.05, 0) is 152 Å². The van der Waals surface area contributed by atoms with Crippen molar-refractivity contribution in [1.29, 1.82) is 0 Å². The molecule has 4 aliphatic heterocycles. The zero-order valence-electron chi connectivity index (χ0n) is 66.2. The van der Waals surface area contributed by atoms with Crippen LogP contribution >= 0.6 is 31.9 Å². The molecule has 8 atom stereocenters. The molecular weight excluding hydrogens is 1630 g/mol. The molecule has 0 radical (unpaired) electrons. The number of hydroxylamine groups is 2. The van der Waals surface area contributed by atoms with E-state index in [1.807, 2.05) is 136 Å². The van der Waals surface area contributed by atoms with E-state index in [0.717, 1.165) is 109 Å². The van der Waals surface area contributed by atoms with Crippen molar-refractivity contribution in [3.05, 3.63) is 223 Å². The molecule has 19 nitrogen and oxygen atoms in total. The van der Waals surface area contributed by atoms with Gasteiger partial charge in [-0.1, -0.05) is 228 Å². The third-order valence-corrected chi connectivity index (χ3v) is 31.8.